The van der Waals surface area contributed by atoms with Gasteiger partial charge in [-0.25, -0.2) is 4.39 Å². The molecule has 122 valence electrons. The first kappa shape index (κ1) is 16.2. The number of hydrogen-bond donors (Lipinski definition) is 1. The number of nitrogens with zero attached hydrogens (tertiary/aromatic N) is 1. The molecule has 6 heteroatoms. The Kier molecular flexibility index (Phi) is 4.62. The summed E-state index contributed by atoms with van der Waals surface area (Å²) in [6.07, 6.45) is 0.957. The predicted octanol–water partition coefficient (Wildman–Crippen LogP) is 4.95. The van der Waals surface area contributed by atoms with E-state index in [1.165, 1.54) is 17.7 Å². The third-order valence-electron chi connectivity index (χ3n) is 3.58. The first-order chi connectivity index (χ1) is 11.6. The number of carbonyl (C=O) groups excluding carboxylic acids is 1. The van der Waals surface area contributed by atoms with E-state index in [4.69, 9.17) is 16.1 Å². The average molecular weight is 345 g/mol. The largest absolute Gasteiger partial charge is 0.338 e. The molecule has 0 aliphatic rings. The Hall–Kier alpha value is -2.66. The van der Waals surface area contributed by atoms with Crippen LogP contribution in [0.1, 0.15) is 22.8 Å². The summed E-state index contributed by atoms with van der Waals surface area (Å²) in [5.41, 5.74) is 2.87. The van der Waals surface area contributed by atoms with Crippen molar-refractivity contribution in [3.63, 3.8) is 0 Å². The molecule has 0 unspecified atom stereocenters. The van der Waals surface area contributed by atoms with Crippen molar-refractivity contribution in [1.29, 1.82) is 0 Å². The monoisotopic (exact) mass is 344 g/mol. The Bertz CT molecular complexity index is 875. The van der Waals surface area contributed by atoms with Crippen LogP contribution in [-0.4, -0.2) is 11.1 Å². The summed E-state index contributed by atoms with van der Waals surface area (Å²) in [5.74, 6) is -0.812. The predicted molar refractivity (Wildman–Crippen MR) is 90.7 cm³/mol. The summed E-state index contributed by atoms with van der Waals surface area (Å²) in [5, 5.41) is 6.53. The lowest BCUT2D eigenvalue weighted by molar-refractivity contribution is 0.102. The molecule has 1 aromatic heterocycles. The topological polar surface area (TPSA) is 55.1 Å². The van der Waals surface area contributed by atoms with E-state index in [1.54, 1.807) is 6.07 Å². The summed E-state index contributed by atoms with van der Waals surface area (Å²) in [4.78, 5) is 12.2. The fraction of sp³-hybridized carbons (Fsp3) is 0.111. The summed E-state index contributed by atoms with van der Waals surface area (Å²) in [6.45, 7) is 2.08. The van der Waals surface area contributed by atoms with Gasteiger partial charge in [-0.15, -0.1) is 0 Å². The van der Waals surface area contributed by atoms with Crippen molar-refractivity contribution in [2.45, 2.75) is 13.3 Å². The van der Waals surface area contributed by atoms with Gasteiger partial charge in [0.2, 0.25) is 5.88 Å². The van der Waals surface area contributed by atoms with E-state index in [0.717, 1.165) is 18.1 Å². The second kappa shape index (κ2) is 6.84. The average Bonchev–Trinajstić information content (AvgIpc) is 3.03. The lowest BCUT2D eigenvalue weighted by Gasteiger charge is -2.03. The van der Waals surface area contributed by atoms with Crippen molar-refractivity contribution in [2.75, 3.05) is 5.32 Å². The number of benzene rings is 2. The van der Waals surface area contributed by atoms with Gasteiger partial charge in [-0.2, -0.15) is 0 Å². The van der Waals surface area contributed by atoms with Gasteiger partial charge in [-0.3, -0.25) is 10.1 Å². The van der Waals surface area contributed by atoms with E-state index in [-0.39, 0.29) is 16.5 Å². The lowest BCUT2D eigenvalue weighted by atomic mass is 10.1. The van der Waals surface area contributed by atoms with Gasteiger partial charge in [0.25, 0.3) is 5.91 Å². The maximum absolute atomic E-state index is 13.0. The van der Waals surface area contributed by atoms with Crippen molar-refractivity contribution >= 4 is 23.4 Å². The van der Waals surface area contributed by atoms with Crippen LogP contribution in [0.5, 0.6) is 0 Å². The number of nitrogens with one attached hydrogen (secondary N) is 1. The van der Waals surface area contributed by atoms with Crippen molar-refractivity contribution in [3.8, 4) is 11.3 Å². The van der Waals surface area contributed by atoms with Crippen LogP contribution in [0.2, 0.25) is 5.02 Å². The SMILES string of the molecule is CCc1ccc(-c2cc(NC(=O)c3ccc(F)cc3Cl)on2)cc1. The summed E-state index contributed by atoms with van der Waals surface area (Å²) >= 11 is 5.87. The molecule has 1 N–H and O–H groups in total. The third-order valence-corrected chi connectivity index (χ3v) is 3.89. The molecule has 0 saturated heterocycles. The maximum atomic E-state index is 13.0. The second-order valence-corrected chi connectivity index (χ2v) is 5.61. The van der Waals surface area contributed by atoms with Crippen molar-refractivity contribution in [1.82, 2.24) is 5.16 Å². The first-order valence-corrected chi connectivity index (χ1v) is 7.77. The van der Waals surface area contributed by atoms with Gasteiger partial charge in [0.05, 0.1) is 10.6 Å². The zero-order chi connectivity index (χ0) is 17.1. The molecule has 24 heavy (non-hydrogen) atoms. The highest BCUT2D eigenvalue weighted by Gasteiger charge is 2.14. The second-order valence-electron chi connectivity index (χ2n) is 5.21. The number of hydrogen-bond acceptors (Lipinski definition) is 3. The molecule has 0 saturated carbocycles. The van der Waals surface area contributed by atoms with Gasteiger partial charge >= 0.3 is 0 Å². The van der Waals surface area contributed by atoms with Crippen molar-refractivity contribution in [2.24, 2.45) is 0 Å². The highest BCUT2D eigenvalue weighted by Crippen LogP contribution is 2.24. The zero-order valence-corrected chi connectivity index (χ0v) is 13.6. The van der Waals surface area contributed by atoms with Crippen molar-refractivity contribution in [3.05, 3.63) is 70.5 Å². The minimum absolute atomic E-state index is 0.0300. The normalized spacial score (nSPS) is 10.6. The van der Waals surface area contributed by atoms with E-state index in [2.05, 4.69) is 17.4 Å². The van der Waals surface area contributed by atoms with Crippen LogP contribution in [0, 0.1) is 5.82 Å². The Balaban J connectivity index is 1.76. The number of amides is 1. The minimum atomic E-state index is -0.506. The van der Waals surface area contributed by atoms with Gasteiger partial charge in [-0.05, 0) is 30.2 Å². The molecule has 3 rings (SSSR count). The fourth-order valence-corrected chi connectivity index (χ4v) is 2.49. The van der Waals surface area contributed by atoms with Gasteiger partial charge < -0.3 is 4.52 Å². The Morgan fingerprint density at radius 2 is 1.96 bits per heavy atom. The van der Waals surface area contributed by atoms with Crippen LogP contribution < -0.4 is 5.32 Å². The number of carbonyl (C=O) groups is 1. The molecule has 0 fully saturated rings. The first-order valence-electron chi connectivity index (χ1n) is 7.39. The molecule has 0 aliphatic carbocycles. The molecule has 0 bridgehead atoms. The number of rotatable bonds is 4. The molecule has 1 amide bonds. The molecular weight excluding hydrogens is 331 g/mol. The highest BCUT2D eigenvalue weighted by molar-refractivity contribution is 6.34. The van der Waals surface area contributed by atoms with Gasteiger partial charge in [-0.1, -0.05) is 47.9 Å². The van der Waals surface area contributed by atoms with Crippen LogP contribution in [0.25, 0.3) is 11.3 Å². The van der Waals surface area contributed by atoms with E-state index in [9.17, 15) is 9.18 Å². The standard InChI is InChI=1S/C18H14ClFN2O2/c1-2-11-3-5-12(6-4-11)16-10-17(24-22-16)21-18(23)14-8-7-13(20)9-15(14)19/h3-10H,2H2,1H3,(H,21,23). The van der Waals surface area contributed by atoms with Gasteiger partial charge in [0, 0.05) is 11.6 Å². The molecule has 0 atom stereocenters. The Morgan fingerprint density at radius 1 is 1.21 bits per heavy atom. The van der Waals surface area contributed by atoms with E-state index >= 15 is 0 Å². The third kappa shape index (κ3) is 3.46. The molecule has 0 radical (unpaired) electrons. The van der Waals surface area contributed by atoms with Crippen LogP contribution in [0.4, 0.5) is 10.3 Å². The number of aromatic nitrogens is 1. The smallest absolute Gasteiger partial charge is 0.259 e. The minimum Gasteiger partial charge on any atom is -0.338 e. The summed E-state index contributed by atoms with van der Waals surface area (Å²) < 4.78 is 18.2. The quantitative estimate of drug-likeness (QED) is 0.728. The number of anilines is 1. The van der Waals surface area contributed by atoms with Crippen LogP contribution in [0.15, 0.2) is 53.1 Å². The molecular formula is C18H14ClFN2O2. The van der Waals surface area contributed by atoms with E-state index in [0.29, 0.717) is 5.69 Å². The van der Waals surface area contributed by atoms with Crippen molar-refractivity contribution < 1.29 is 13.7 Å². The fourth-order valence-electron chi connectivity index (χ4n) is 2.23. The molecule has 3 aromatic rings. The lowest BCUT2D eigenvalue weighted by Crippen LogP contribution is -2.12. The number of halogens is 2. The summed E-state index contributed by atoms with van der Waals surface area (Å²) in [7, 11) is 0. The van der Waals surface area contributed by atoms with Gasteiger partial charge in [0.1, 0.15) is 11.5 Å². The summed E-state index contributed by atoms with van der Waals surface area (Å²) in [6, 6.07) is 13.1. The van der Waals surface area contributed by atoms with Gasteiger partial charge in [0.15, 0.2) is 0 Å². The van der Waals surface area contributed by atoms with E-state index < -0.39 is 11.7 Å². The molecule has 2 aromatic carbocycles. The molecule has 0 spiro atoms. The van der Waals surface area contributed by atoms with Crippen LogP contribution in [-0.2, 0) is 6.42 Å². The van der Waals surface area contributed by atoms with Crippen LogP contribution >= 0.6 is 11.6 Å². The molecule has 1 heterocycles. The van der Waals surface area contributed by atoms with Crippen LogP contribution in [0.3, 0.4) is 0 Å². The zero-order valence-electron chi connectivity index (χ0n) is 12.8. The number of aryl methyl sites for hydroxylation is 1. The Morgan fingerprint density at radius 3 is 2.62 bits per heavy atom. The molecule has 0 aliphatic heterocycles. The highest BCUT2D eigenvalue weighted by atomic mass is 35.5. The van der Waals surface area contributed by atoms with E-state index in [1.807, 2.05) is 24.3 Å². The molecule has 4 nitrogen and oxygen atoms in total. The maximum Gasteiger partial charge on any atom is 0.259 e. The Labute approximate surface area is 143 Å².